The molecule has 0 saturated carbocycles. The molecule has 3 aliphatic rings. The number of methoxy groups -OCH3 is 1. The standard InChI is InChI=1S/C14H18FN5O2.C5H11N.C2H3N/c1-9(15)13(21)20-5-3-19(4-6-20)12-10-7-16-8-11(10)17-14(18-12)22-2;1-6-4-2-3-5-6;1-2-3/h16H,1,3-8H2,2H3;2-5H2,1H3;1H3. The Morgan fingerprint density at radius 3 is 2.26 bits per heavy atom. The maximum absolute atomic E-state index is 12.9. The van der Waals surface area contributed by atoms with Gasteiger partial charge in [-0.2, -0.15) is 15.2 Å². The quantitative estimate of drug-likeness (QED) is 0.716. The number of piperazine rings is 1. The van der Waals surface area contributed by atoms with E-state index in [0.717, 1.165) is 23.6 Å². The van der Waals surface area contributed by atoms with Crippen molar-refractivity contribution in [1.29, 1.82) is 5.26 Å². The molecule has 1 N–H and O–H groups in total. The Bertz CT molecular complexity index is 798. The molecule has 1 amide bonds. The molecule has 0 bridgehead atoms. The van der Waals surface area contributed by atoms with E-state index in [0.29, 0.717) is 38.7 Å². The maximum Gasteiger partial charge on any atom is 0.318 e. The van der Waals surface area contributed by atoms with Crippen LogP contribution >= 0.6 is 0 Å². The molecule has 170 valence electrons. The lowest BCUT2D eigenvalue weighted by molar-refractivity contribution is -0.128. The molecule has 9 nitrogen and oxygen atoms in total. The van der Waals surface area contributed by atoms with Crippen molar-refractivity contribution >= 4 is 11.7 Å². The fraction of sp³-hybridized carbons (Fsp3) is 0.619. The van der Waals surface area contributed by atoms with Gasteiger partial charge in [0.1, 0.15) is 5.82 Å². The van der Waals surface area contributed by atoms with Crippen molar-refractivity contribution in [3.8, 4) is 12.1 Å². The van der Waals surface area contributed by atoms with Crippen LogP contribution in [0, 0.1) is 11.3 Å². The highest BCUT2D eigenvalue weighted by Gasteiger charge is 2.28. The highest BCUT2D eigenvalue weighted by Crippen LogP contribution is 2.27. The van der Waals surface area contributed by atoms with Crippen molar-refractivity contribution < 1.29 is 13.9 Å². The third-order valence-corrected chi connectivity index (χ3v) is 5.26. The van der Waals surface area contributed by atoms with E-state index in [1.54, 1.807) is 6.07 Å². The van der Waals surface area contributed by atoms with Crippen molar-refractivity contribution in [2.24, 2.45) is 0 Å². The number of fused-ring (bicyclic) bond motifs is 1. The van der Waals surface area contributed by atoms with Gasteiger partial charge in [-0.05, 0) is 33.0 Å². The monoisotopic (exact) mass is 433 g/mol. The molecule has 1 aromatic heterocycles. The van der Waals surface area contributed by atoms with Gasteiger partial charge >= 0.3 is 6.01 Å². The summed E-state index contributed by atoms with van der Waals surface area (Å²) >= 11 is 0. The fourth-order valence-electron chi connectivity index (χ4n) is 3.65. The van der Waals surface area contributed by atoms with Crippen LogP contribution in [0.25, 0.3) is 0 Å². The number of nitrogens with one attached hydrogen (secondary N) is 1. The maximum atomic E-state index is 12.9. The number of amides is 1. The van der Waals surface area contributed by atoms with E-state index in [1.165, 1.54) is 44.9 Å². The minimum Gasteiger partial charge on any atom is -0.467 e. The highest BCUT2D eigenvalue weighted by atomic mass is 19.1. The highest BCUT2D eigenvalue weighted by molar-refractivity contribution is 5.90. The summed E-state index contributed by atoms with van der Waals surface area (Å²) in [7, 11) is 3.71. The van der Waals surface area contributed by atoms with E-state index >= 15 is 0 Å². The number of carbonyl (C=O) groups excluding carboxylic acids is 1. The molecule has 31 heavy (non-hydrogen) atoms. The minimum atomic E-state index is -0.915. The van der Waals surface area contributed by atoms with Gasteiger partial charge in [0.25, 0.3) is 5.91 Å². The van der Waals surface area contributed by atoms with E-state index in [4.69, 9.17) is 10.00 Å². The predicted octanol–water partition coefficient (Wildman–Crippen LogP) is 1.46. The van der Waals surface area contributed by atoms with E-state index in [-0.39, 0.29) is 0 Å². The Morgan fingerprint density at radius 1 is 1.16 bits per heavy atom. The average Bonchev–Trinajstić information content (AvgIpc) is 3.44. The third kappa shape index (κ3) is 6.87. The summed E-state index contributed by atoms with van der Waals surface area (Å²) in [6.45, 7) is 10.6. The van der Waals surface area contributed by atoms with Crippen LogP contribution in [0.1, 0.15) is 31.0 Å². The summed E-state index contributed by atoms with van der Waals surface area (Å²) in [5.41, 5.74) is 2.01. The second-order valence-electron chi connectivity index (χ2n) is 7.48. The van der Waals surface area contributed by atoms with Crippen molar-refractivity contribution in [2.75, 3.05) is 58.3 Å². The van der Waals surface area contributed by atoms with Crippen molar-refractivity contribution in [2.45, 2.75) is 32.9 Å². The Kier molecular flexibility index (Phi) is 9.62. The van der Waals surface area contributed by atoms with Crippen molar-refractivity contribution in [3.63, 3.8) is 0 Å². The van der Waals surface area contributed by atoms with Gasteiger partial charge in [-0.15, -0.1) is 0 Å². The van der Waals surface area contributed by atoms with Gasteiger partial charge in [-0.3, -0.25) is 4.79 Å². The molecule has 10 heteroatoms. The molecule has 0 aliphatic carbocycles. The zero-order valence-corrected chi connectivity index (χ0v) is 18.7. The second-order valence-corrected chi connectivity index (χ2v) is 7.48. The number of halogens is 1. The van der Waals surface area contributed by atoms with Gasteiger partial charge in [0, 0.05) is 51.8 Å². The van der Waals surface area contributed by atoms with Gasteiger partial charge in [0.15, 0.2) is 5.83 Å². The number of aromatic nitrogens is 2. The van der Waals surface area contributed by atoms with Gasteiger partial charge in [0.05, 0.1) is 18.9 Å². The minimum absolute atomic E-state index is 0.341. The molecule has 4 heterocycles. The molecule has 2 fully saturated rings. The molecule has 2 saturated heterocycles. The molecule has 0 spiro atoms. The van der Waals surface area contributed by atoms with E-state index in [9.17, 15) is 9.18 Å². The first-order valence-corrected chi connectivity index (χ1v) is 10.4. The molecular weight excluding hydrogens is 401 g/mol. The van der Waals surface area contributed by atoms with Crippen LogP contribution in [-0.2, 0) is 17.9 Å². The SMILES string of the molecule is C=C(F)C(=O)N1CCN(c2nc(OC)nc3c2CNC3)CC1.CC#N.CN1CCCC1. The van der Waals surface area contributed by atoms with Gasteiger partial charge < -0.3 is 24.8 Å². The number of nitrogens with zero attached hydrogens (tertiary/aromatic N) is 6. The Hall–Kier alpha value is -2.77. The number of rotatable bonds is 3. The van der Waals surface area contributed by atoms with Crippen LogP contribution in [0.5, 0.6) is 6.01 Å². The Labute approximate surface area is 183 Å². The normalized spacial score (nSPS) is 17.5. The molecular formula is C21H32FN7O2. The summed E-state index contributed by atoms with van der Waals surface area (Å²) in [5, 5.41) is 10.6. The molecule has 0 atom stereocenters. The molecule has 0 unspecified atom stereocenters. The van der Waals surface area contributed by atoms with Crippen LogP contribution in [-0.4, -0.2) is 79.1 Å². The summed E-state index contributed by atoms with van der Waals surface area (Å²) in [5.74, 6) is -0.716. The summed E-state index contributed by atoms with van der Waals surface area (Å²) in [4.78, 5) is 26.3. The van der Waals surface area contributed by atoms with E-state index in [2.05, 4.69) is 38.7 Å². The van der Waals surface area contributed by atoms with E-state index in [1.807, 2.05) is 0 Å². The zero-order chi connectivity index (χ0) is 22.8. The smallest absolute Gasteiger partial charge is 0.318 e. The third-order valence-electron chi connectivity index (χ3n) is 5.26. The van der Waals surface area contributed by atoms with Crippen LogP contribution in [0.15, 0.2) is 12.4 Å². The number of anilines is 1. The molecule has 1 aromatic rings. The largest absolute Gasteiger partial charge is 0.467 e. The summed E-state index contributed by atoms with van der Waals surface area (Å²) < 4.78 is 18.1. The number of hydrogen-bond donors (Lipinski definition) is 1. The average molecular weight is 434 g/mol. The number of ether oxygens (including phenoxy) is 1. The molecule has 0 radical (unpaired) electrons. The lowest BCUT2D eigenvalue weighted by Crippen LogP contribution is -2.49. The lowest BCUT2D eigenvalue weighted by Gasteiger charge is -2.35. The summed E-state index contributed by atoms with van der Waals surface area (Å²) in [6.07, 6.45) is 2.83. The zero-order valence-electron chi connectivity index (χ0n) is 18.7. The lowest BCUT2D eigenvalue weighted by atomic mass is 10.2. The molecule has 4 rings (SSSR count). The van der Waals surface area contributed by atoms with Crippen molar-refractivity contribution in [3.05, 3.63) is 23.7 Å². The first-order valence-electron chi connectivity index (χ1n) is 10.4. The molecule has 3 aliphatic heterocycles. The van der Waals surface area contributed by atoms with Crippen LogP contribution in [0.4, 0.5) is 10.2 Å². The van der Waals surface area contributed by atoms with Gasteiger partial charge in [-0.25, -0.2) is 4.39 Å². The van der Waals surface area contributed by atoms with Crippen LogP contribution in [0.3, 0.4) is 0 Å². The Morgan fingerprint density at radius 2 is 1.77 bits per heavy atom. The second kappa shape index (κ2) is 12.2. The number of hydrogen-bond acceptors (Lipinski definition) is 8. The molecule has 0 aromatic carbocycles. The summed E-state index contributed by atoms with van der Waals surface area (Å²) in [6, 6.07) is 2.09. The predicted molar refractivity (Wildman–Crippen MR) is 116 cm³/mol. The first kappa shape index (κ1) is 24.5. The topological polar surface area (TPSA) is 97.6 Å². The van der Waals surface area contributed by atoms with Crippen LogP contribution < -0.4 is 15.0 Å². The Balaban J connectivity index is 0.000000318. The van der Waals surface area contributed by atoms with Gasteiger partial charge in [0.2, 0.25) is 0 Å². The van der Waals surface area contributed by atoms with E-state index < -0.39 is 11.7 Å². The van der Waals surface area contributed by atoms with Crippen molar-refractivity contribution in [1.82, 2.24) is 25.1 Å². The van der Waals surface area contributed by atoms with Crippen LogP contribution in [0.2, 0.25) is 0 Å². The van der Waals surface area contributed by atoms with Gasteiger partial charge in [-0.1, -0.05) is 6.58 Å². The fourth-order valence-corrected chi connectivity index (χ4v) is 3.65. The number of carbonyl (C=O) groups is 1. The first-order chi connectivity index (χ1) is 14.9. The number of nitriles is 1. The number of likely N-dealkylation sites (tertiary alicyclic amines) is 1.